The number of hydrogen-bond donors (Lipinski definition) is 0. The number of terminal acetylenes is 2. The molecule has 0 aromatic heterocycles. The van der Waals surface area contributed by atoms with Gasteiger partial charge in [0, 0.05) is 11.8 Å². The molecule has 1 heteroatoms. The summed E-state index contributed by atoms with van der Waals surface area (Å²) >= 11 is 0. The molecule has 0 aliphatic heterocycles. The normalized spacial score (nSPS) is 17.1. The first-order valence-electron chi connectivity index (χ1n) is 4.56. The lowest BCUT2D eigenvalue weighted by atomic mass is 10.1. The zero-order valence-electron chi connectivity index (χ0n) is 8.38. The van der Waals surface area contributed by atoms with E-state index in [0.717, 1.165) is 11.1 Å². The fourth-order valence-corrected chi connectivity index (χ4v) is 1.11. The van der Waals surface area contributed by atoms with Crippen LogP contribution in [0.2, 0.25) is 0 Å². The molecule has 1 aliphatic carbocycles. The maximum atomic E-state index is 5.30. The minimum atomic E-state index is 0.549. The second kappa shape index (κ2) is 4.49. The van der Waals surface area contributed by atoms with Crippen molar-refractivity contribution in [2.75, 3.05) is 0 Å². The molecular formula is C13H13N. The lowest BCUT2D eigenvalue weighted by Crippen LogP contribution is -1.89. The Hall–Kier alpha value is -1.73. The van der Waals surface area contributed by atoms with Crippen LogP contribution in [0.4, 0.5) is 0 Å². The van der Waals surface area contributed by atoms with Gasteiger partial charge in [0.25, 0.3) is 0 Å². The average Bonchev–Trinajstić information content (AvgIpc) is 3.01. The smallest absolute Gasteiger partial charge is 0.0865 e. The predicted molar refractivity (Wildman–Crippen MR) is 60.7 cm³/mol. The summed E-state index contributed by atoms with van der Waals surface area (Å²) in [6.07, 6.45) is 14.6. The number of nitrogens with zero attached hydrogens (tertiary/aromatic N) is 1. The molecule has 1 rings (SSSR count). The van der Waals surface area contributed by atoms with Gasteiger partial charge in [-0.1, -0.05) is 18.4 Å². The summed E-state index contributed by atoms with van der Waals surface area (Å²) in [4.78, 5) is 4.14. The Bertz CT molecular complexity index is 378. The quantitative estimate of drug-likeness (QED) is 0.362. The molecule has 0 unspecified atom stereocenters. The van der Waals surface area contributed by atoms with Gasteiger partial charge in [-0.2, -0.15) is 0 Å². The highest BCUT2D eigenvalue weighted by atomic mass is 14.7. The van der Waals surface area contributed by atoms with Crippen molar-refractivity contribution in [3.05, 3.63) is 23.9 Å². The first-order chi connectivity index (χ1) is 6.69. The number of allylic oxidation sites excluding steroid dienone is 2. The van der Waals surface area contributed by atoms with Gasteiger partial charge in [-0.25, -0.2) is 0 Å². The lowest BCUT2D eigenvalue weighted by molar-refractivity contribution is 1.03. The van der Waals surface area contributed by atoms with Gasteiger partial charge in [-0.15, -0.1) is 12.8 Å². The Balaban J connectivity index is 2.84. The fourth-order valence-electron chi connectivity index (χ4n) is 1.11. The predicted octanol–water partition coefficient (Wildman–Crippen LogP) is 2.56. The molecule has 0 bridgehead atoms. The lowest BCUT2D eigenvalue weighted by Gasteiger charge is -2.00. The first-order valence-corrected chi connectivity index (χ1v) is 4.56. The van der Waals surface area contributed by atoms with Crippen molar-refractivity contribution >= 4 is 5.71 Å². The van der Waals surface area contributed by atoms with E-state index in [1.165, 1.54) is 12.8 Å². The summed E-state index contributed by atoms with van der Waals surface area (Å²) in [5.74, 6) is 5.55. The average molecular weight is 183 g/mol. The molecule has 0 saturated heterocycles. The Morgan fingerprint density at radius 1 is 1.43 bits per heavy atom. The van der Waals surface area contributed by atoms with Gasteiger partial charge >= 0.3 is 0 Å². The molecule has 0 radical (unpaired) electrons. The third-order valence-corrected chi connectivity index (χ3v) is 2.15. The number of rotatable bonds is 3. The molecule has 0 amide bonds. The van der Waals surface area contributed by atoms with Crippen molar-refractivity contribution in [2.24, 2.45) is 10.9 Å². The van der Waals surface area contributed by atoms with E-state index in [2.05, 4.69) is 23.4 Å². The van der Waals surface area contributed by atoms with Gasteiger partial charge < -0.3 is 0 Å². The van der Waals surface area contributed by atoms with Crippen LogP contribution in [-0.4, -0.2) is 5.71 Å². The molecular weight excluding hydrogens is 170 g/mol. The van der Waals surface area contributed by atoms with Gasteiger partial charge in [-0.05, 0) is 31.3 Å². The first kappa shape index (κ1) is 10.4. The third kappa shape index (κ3) is 2.64. The van der Waals surface area contributed by atoms with Crippen molar-refractivity contribution in [2.45, 2.75) is 19.8 Å². The molecule has 0 spiro atoms. The summed E-state index contributed by atoms with van der Waals surface area (Å²) in [6.45, 7) is 5.60. The van der Waals surface area contributed by atoms with Crippen LogP contribution >= 0.6 is 0 Å². The second-order valence-corrected chi connectivity index (χ2v) is 3.34. The van der Waals surface area contributed by atoms with E-state index in [1.807, 2.05) is 0 Å². The summed E-state index contributed by atoms with van der Waals surface area (Å²) in [6, 6.07) is 0. The van der Waals surface area contributed by atoms with Gasteiger partial charge in [-0.3, -0.25) is 4.99 Å². The van der Waals surface area contributed by atoms with Crippen LogP contribution in [0.15, 0.2) is 28.9 Å². The topological polar surface area (TPSA) is 12.4 Å². The highest BCUT2D eigenvalue weighted by Crippen LogP contribution is 2.39. The van der Waals surface area contributed by atoms with Crippen LogP contribution < -0.4 is 0 Å². The Morgan fingerprint density at radius 3 is 2.50 bits per heavy atom. The molecule has 70 valence electrons. The van der Waals surface area contributed by atoms with Crippen molar-refractivity contribution in [1.29, 1.82) is 0 Å². The molecule has 0 N–H and O–H groups in total. The van der Waals surface area contributed by atoms with E-state index >= 15 is 0 Å². The Morgan fingerprint density at radius 2 is 2.07 bits per heavy atom. The highest BCUT2D eigenvalue weighted by Gasteiger charge is 2.26. The maximum absolute atomic E-state index is 5.30. The van der Waals surface area contributed by atoms with E-state index in [4.69, 9.17) is 12.8 Å². The van der Waals surface area contributed by atoms with Crippen LogP contribution in [0.5, 0.6) is 0 Å². The second-order valence-electron chi connectivity index (χ2n) is 3.34. The van der Waals surface area contributed by atoms with E-state index in [9.17, 15) is 0 Å². The molecule has 0 heterocycles. The highest BCUT2D eigenvalue weighted by molar-refractivity contribution is 5.98. The van der Waals surface area contributed by atoms with Crippen LogP contribution in [0, 0.1) is 30.6 Å². The molecule has 14 heavy (non-hydrogen) atoms. The maximum Gasteiger partial charge on any atom is 0.0865 e. The SMILES string of the molecule is C#CC(=C)/C(=C\N=C(C)C#C)C1CC1. The minimum absolute atomic E-state index is 0.549. The molecule has 0 aromatic carbocycles. The number of aliphatic imine (C=N–C) groups is 1. The van der Waals surface area contributed by atoms with Crippen molar-refractivity contribution < 1.29 is 0 Å². The molecule has 1 nitrogen and oxygen atoms in total. The van der Waals surface area contributed by atoms with Crippen LogP contribution in [0.3, 0.4) is 0 Å². The molecule has 1 saturated carbocycles. The Labute approximate surface area is 85.6 Å². The van der Waals surface area contributed by atoms with E-state index < -0.39 is 0 Å². The zero-order valence-corrected chi connectivity index (χ0v) is 8.38. The van der Waals surface area contributed by atoms with Crippen LogP contribution in [0.25, 0.3) is 0 Å². The fraction of sp³-hybridized carbons (Fsp3) is 0.308. The summed E-state index contributed by atoms with van der Waals surface area (Å²) in [5.41, 5.74) is 2.44. The molecule has 0 aromatic rings. The van der Waals surface area contributed by atoms with E-state index in [1.54, 1.807) is 13.1 Å². The summed E-state index contributed by atoms with van der Waals surface area (Å²) < 4.78 is 0. The summed E-state index contributed by atoms with van der Waals surface area (Å²) in [5, 5.41) is 0. The summed E-state index contributed by atoms with van der Waals surface area (Å²) in [7, 11) is 0. The van der Waals surface area contributed by atoms with Gasteiger partial charge in [0.15, 0.2) is 0 Å². The largest absolute Gasteiger partial charge is 0.252 e. The monoisotopic (exact) mass is 183 g/mol. The minimum Gasteiger partial charge on any atom is -0.252 e. The van der Waals surface area contributed by atoms with Crippen molar-refractivity contribution in [3.63, 3.8) is 0 Å². The molecule has 1 aliphatic rings. The standard InChI is InChI=1S/C13H13N/c1-5-10(3)13(12-7-8-12)9-14-11(4)6-2/h1-2,9,12H,3,7-8H2,4H3/b13-9+,14-11?. The molecule has 0 atom stereocenters. The van der Waals surface area contributed by atoms with E-state index in [0.29, 0.717) is 11.6 Å². The van der Waals surface area contributed by atoms with Crippen molar-refractivity contribution in [3.8, 4) is 24.7 Å². The van der Waals surface area contributed by atoms with Crippen molar-refractivity contribution in [1.82, 2.24) is 0 Å². The third-order valence-electron chi connectivity index (χ3n) is 2.15. The van der Waals surface area contributed by atoms with Crippen LogP contribution in [-0.2, 0) is 0 Å². The van der Waals surface area contributed by atoms with E-state index in [-0.39, 0.29) is 0 Å². The molecule has 1 fully saturated rings. The zero-order chi connectivity index (χ0) is 10.6. The number of hydrogen-bond acceptors (Lipinski definition) is 1. The van der Waals surface area contributed by atoms with Gasteiger partial charge in [0.2, 0.25) is 0 Å². The van der Waals surface area contributed by atoms with Crippen LogP contribution in [0.1, 0.15) is 19.8 Å². The van der Waals surface area contributed by atoms with Gasteiger partial charge in [0.1, 0.15) is 0 Å². The van der Waals surface area contributed by atoms with Gasteiger partial charge in [0.05, 0.1) is 5.71 Å². The Kier molecular flexibility index (Phi) is 3.32.